The van der Waals surface area contributed by atoms with Crippen LogP contribution in [0.1, 0.15) is 5.56 Å². The molecule has 162 valence electrons. The van der Waals surface area contributed by atoms with Gasteiger partial charge < -0.3 is 15.0 Å². The molecule has 1 aliphatic heterocycles. The van der Waals surface area contributed by atoms with Crippen LogP contribution >= 0.6 is 0 Å². The monoisotopic (exact) mass is 431 g/mol. The Kier molecular flexibility index (Phi) is 5.64. The van der Waals surface area contributed by atoms with Crippen LogP contribution < -0.4 is 19.9 Å². The summed E-state index contributed by atoms with van der Waals surface area (Å²) in [6.07, 6.45) is 0. The molecule has 0 saturated carbocycles. The van der Waals surface area contributed by atoms with Crippen LogP contribution in [0.2, 0.25) is 0 Å². The molecular weight excluding hydrogens is 409 g/mol. The van der Waals surface area contributed by atoms with Crippen molar-refractivity contribution < 1.29 is 18.7 Å². The molecule has 1 N–H and O–H groups in total. The van der Waals surface area contributed by atoms with E-state index in [1.54, 1.807) is 42.5 Å². The number of anilines is 3. The number of nitrogens with zero attached hydrogens (tertiary/aromatic N) is 2. The predicted molar refractivity (Wildman–Crippen MR) is 123 cm³/mol. The molecule has 2 amide bonds. The highest BCUT2D eigenvalue weighted by atomic mass is 19.1. The van der Waals surface area contributed by atoms with Gasteiger partial charge in [-0.15, -0.1) is 0 Å². The van der Waals surface area contributed by atoms with Crippen LogP contribution in [0.15, 0.2) is 78.5 Å². The van der Waals surface area contributed by atoms with Crippen LogP contribution in [-0.4, -0.2) is 33.0 Å². The summed E-state index contributed by atoms with van der Waals surface area (Å²) in [4.78, 5) is 30.1. The van der Waals surface area contributed by atoms with Crippen molar-refractivity contribution in [3.8, 4) is 5.75 Å². The summed E-state index contributed by atoms with van der Waals surface area (Å²) in [6.45, 7) is 0. The topological polar surface area (TPSA) is 61.9 Å². The van der Waals surface area contributed by atoms with Gasteiger partial charge in [-0.1, -0.05) is 24.3 Å². The highest BCUT2D eigenvalue weighted by Crippen LogP contribution is 2.38. The number of halogens is 1. The van der Waals surface area contributed by atoms with E-state index in [0.717, 1.165) is 10.6 Å². The highest BCUT2D eigenvalue weighted by molar-refractivity contribution is 6.46. The van der Waals surface area contributed by atoms with Crippen LogP contribution in [-0.2, 0) is 9.59 Å². The Labute approximate surface area is 185 Å². The van der Waals surface area contributed by atoms with E-state index in [2.05, 4.69) is 5.32 Å². The fourth-order valence-corrected chi connectivity index (χ4v) is 3.57. The minimum Gasteiger partial charge on any atom is -0.496 e. The summed E-state index contributed by atoms with van der Waals surface area (Å²) >= 11 is 0. The van der Waals surface area contributed by atoms with Crippen LogP contribution in [0.25, 0.3) is 5.57 Å². The average Bonchev–Trinajstić information content (AvgIpc) is 3.04. The smallest absolute Gasteiger partial charge is 0.282 e. The van der Waals surface area contributed by atoms with E-state index in [1.165, 1.54) is 31.4 Å². The van der Waals surface area contributed by atoms with E-state index in [1.807, 2.05) is 25.1 Å². The Balaban J connectivity index is 1.85. The lowest BCUT2D eigenvalue weighted by atomic mass is 10.0. The average molecular weight is 431 g/mol. The van der Waals surface area contributed by atoms with Gasteiger partial charge in [-0.3, -0.25) is 9.59 Å². The molecule has 3 aromatic rings. The second kappa shape index (κ2) is 8.55. The van der Waals surface area contributed by atoms with Crippen molar-refractivity contribution in [1.29, 1.82) is 0 Å². The maximum atomic E-state index is 13.6. The zero-order chi connectivity index (χ0) is 22.8. The summed E-state index contributed by atoms with van der Waals surface area (Å²) in [5.41, 5.74) is 2.56. The van der Waals surface area contributed by atoms with Gasteiger partial charge in [0, 0.05) is 31.0 Å². The van der Waals surface area contributed by atoms with Crippen LogP contribution in [0.4, 0.5) is 21.5 Å². The first kappa shape index (κ1) is 21.1. The summed E-state index contributed by atoms with van der Waals surface area (Å²) < 4.78 is 18.8. The van der Waals surface area contributed by atoms with E-state index in [9.17, 15) is 14.0 Å². The highest BCUT2D eigenvalue weighted by Gasteiger charge is 2.41. The Bertz CT molecular complexity index is 1220. The molecule has 0 atom stereocenters. The first-order chi connectivity index (χ1) is 15.4. The van der Waals surface area contributed by atoms with Crippen molar-refractivity contribution in [2.45, 2.75) is 0 Å². The van der Waals surface area contributed by atoms with Gasteiger partial charge in [0.1, 0.15) is 17.3 Å². The minimum absolute atomic E-state index is 0.0985. The number of carbonyl (C=O) groups is 2. The number of amides is 2. The molecular formula is C25H22FN3O3. The fourth-order valence-electron chi connectivity index (χ4n) is 3.57. The van der Waals surface area contributed by atoms with Gasteiger partial charge in [-0.2, -0.15) is 0 Å². The summed E-state index contributed by atoms with van der Waals surface area (Å²) in [7, 11) is 5.27. The third-order valence-corrected chi connectivity index (χ3v) is 5.18. The Morgan fingerprint density at radius 3 is 2.31 bits per heavy atom. The number of imide groups is 1. The standard InChI is InChI=1S/C25H22FN3O3/c1-28(2)18-7-6-8-19(15-18)29-24(30)22(20-9-4-5-10-21(20)32-3)23(25(29)31)27-17-13-11-16(26)12-14-17/h4-15,27H,1-3H3. The zero-order valence-electron chi connectivity index (χ0n) is 17.9. The molecule has 1 heterocycles. The van der Waals surface area contributed by atoms with Crippen molar-refractivity contribution in [3.05, 3.63) is 89.9 Å². The maximum absolute atomic E-state index is 13.6. The lowest BCUT2D eigenvalue weighted by molar-refractivity contribution is -0.120. The SMILES string of the molecule is COc1ccccc1C1=C(Nc2ccc(F)cc2)C(=O)N(c2cccc(N(C)C)c2)C1=O. The van der Waals surface area contributed by atoms with Crippen LogP contribution in [0.3, 0.4) is 0 Å². The van der Waals surface area contributed by atoms with Crippen molar-refractivity contribution in [1.82, 2.24) is 0 Å². The van der Waals surface area contributed by atoms with Gasteiger partial charge in [-0.05, 0) is 48.5 Å². The number of hydrogen-bond donors (Lipinski definition) is 1. The van der Waals surface area contributed by atoms with E-state index < -0.39 is 17.6 Å². The third kappa shape index (κ3) is 3.80. The molecule has 6 nitrogen and oxygen atoms in total. The molecule has 0 aromatic heterocycles. The molecule has 7 heteroatoms. The van der Waals surface area contributed by atoms with Gasteiger partial charge in [0.05, 0.1) is 18.4 Å². The zero-order valence-corrected chi connectivity index (χ0v) is 17.9. The van der Waals surface area contributed by atoms with Crippen molar-refractivity contribution in [2.24, 2.45) is 0 Å². The normalized spacial score (nSPS) is 13.6. The second-order valence-electron chi connectivity index (χ2n) is 7.44. The Morgan fingerprint density at radius 1 is 0.906 bits per heavy atom. The van der Waals surface area contributed by atoms with Gasteiger partial charge in [0.25, 0.3) is 11.8 Å². The Morgan fingerprint density at radius 2 is 1.62 bits per heavy atom. The minimum atomic E-state index is -0.504. The molecule has 0 fully saturated rings. The number of benzene rings is 3. The van der Waals surface area contributed by atoms with E-state index in [-0.39, 0.29) is 11.3 Å². The van der Waals surface area contributed by atoms with E-state index in [4.69, 9.17) is 4.74 Å². The molecule has 3 aromatic carbocycles. The van der Waals surface area contributed by atoms with E-state index >= 15 is 0 Å². The number of hydrogen-bond acceptors (Lipinski definition) is 5. The third-order valence-electron chi connectivity index (χ3n) is 5.18. The largest absolute Gasteiger partial charge is 0.496 e. The number of rotatable bonds is 6. The van der Waals surface area contributed by atoms with Crippen molar-refractivity contribution in [3.63, 3.8) is 0 Å². The summed E-state index contributed by atoms with van der Waals surface area (Å²) in [5.74, 6) is -0.910. The molecule has 1 aliphatic rings. The molecule has 0 radical (unpaired) electrons. The van der Waals surface area contributed by atoms with Crippen LogP contribution in [0, 0.1) is 5.82 Å². The molecule has 0 unspecified atom stereocenters. The van der Waals surface area contributed by atoms with E-state index in [0.29, 0.717) is 22.7 Å². The summed E-state index contributed by atoms with van der Waals surface area (Å²) in [6, 6.07) is 19.8. The molecule has 32 heavy (non-hydrogen) atoms. The molecule has 0 saturated heterocycles. The molecule has 0 bridgehead atoms. The summed E-state index contributed by atoms with van der Waals surface area (Å²) in [5, 5.41) is 3.02. The predicted octanol–water partition coefficient (Wildman–Crippen LogP) is 4.30. The van der Waals surface area contributed by atoms with Gasteiger partial charge in [0.2, 0.25) is 0 Å². The molecule has 0 aliphatic carbocycles. The lowest BCUT2D eigenvalue weighted by Crippen LogP contribution is -2.32. The number of methoxy groups -OCH3 is 1. The second-order valence-corrected chi connectivity index (χ2v) is 7.44. The first-order valence-electron chi connectivity index (χ1n) is 9.97. The number of para-hydroxylation sites is 1. The number of carbonyl (C=O) groups excluding carboxylic acids is 2. The quantitative estimate of drug-likeness (QED) is 0.590. The first-order valence-corrected chi connectivity index (χ1v) is 9.97. The fraction of sp³-hybridized carbons (Fsp3) is 0.120. The molecule has 0 spiro atoms. The molecule has 4 rings (SSSR count). The maximum Gasteiger partial charge on any atom is 0.282 e. The number of nitrogens with one attached hydrogen (secondary N) is 1. The Hall–Kier alpha value is -4.13. The lowest BCUT2D eigenvalue weighted by Gasteiger charge is -2.19. The van der Waals surface area contributed by atoms with Crippen molar-refractivity contribution >= 4 is 34.4 Å². The van der Waals surface area contributed by atoms with Gasteiger partial charge in [-0.25, -0.2) is 9.29 Å². The number of ether oxygens (including phenoxy) is 1. The van der Waals surface area contributed by atoms with Crippen molar-refractivity contribution in [2.75, 3.05) is 36.3 Å². The van der Waals surface area contributed by atoms with Gasteiger partial charge in [0.15, 0.2) is 0 Å². The van der Waals surface area contributed by atoms with Gasteiger partial charge >= 0.3 is 0 Å². The van der Waals surface area contributed by atoms with Crippen LogP contribution in [0.5, 0.6) is 5.75 Å².